The summed E-state index contributed by atoms with van der Waals surface area (Å²) in [5, 5.41) is 5.69. The number of carbonyl (C=O) groups is 1. The Bertz CT molecular complexity index is 154. The van der Waals surface area contributed by atoms with Crippen molar-refractivity contribution in [2.75, 3.05) is 13.6 Å². The molecule has 2 N–H and O–H groups in total. The number of likely N-dealkylation sites (N-methyl/N-ethyl adjacent to an activating group) is 1. The average molecular weight is 140 g/mol. The Morgan fingerprint density at radius 3 is 3.20 bits per heavy atom. The first-order valence-electron chi connectivity index (χ1n) is 3.44. The second-order valence-electron chi connectivity index (χ2n) is 2.29. The van der Waals surface area contributed by atoms with Crippen LogP contribution in [0.2, 0.25) is 0 Å². The number of rotatable bonds is 1. The molecular formula is C7H12N2O. The SMILES string of the molecule is CN[C@H]1CC=CCNC1=O. The molecule has 0 aromatic rings. The molecule has 0 bridgehead atoms. The van der Waals surface area contributed by atoms with Gasteiger partial charge in [-0.2, -0.15) is 0 Å². The summed E-state index contributed by atoms with van der Waals surface area (Å²) in [6.07, 6.45) is 4.77. The van der Waals surface area contributed by atoms with Crippen molar-refractivity contribution < 1.29 is 4.79 Å². The quantitative estimate of drug-likeness (QED) is 0.489. The van der Waals surface area contributed by atoms with E-state index in [2.05, 4.69) is 10.6 Å². The van der Waals surface area contributed by atoms with Crippen LogP contribution in [0.15, 0.2) is 12.2 Å². The molecule has 10 heavy (non-hydrogen) atoms. The van der Waals surface area contributed by atoms with Gasteiger partial charge in [-0.15, -0.1) is 0 Å². The molecule has 0 radical (unpaired) electrons. The summed E-state index contributed by atoms with van der Waals surface area (Å²) in [5.74, 6) is 0.0903. The molecule has 1 aliphatic heterocycles. The lowest BCUT2D eigenvalue weighted by Gasteiger charge is -2.09. The zero-order chi connectivity index (χ0) is 7.40. The Kier molecular flexibility index (Phi) is 2.45. The Morgan fingerprint density at radius 1 is 1.70 bits per heavy atom. The monoisotopic (exact) mass is 140 g/mol. The zero-order valence-electron chi connectivity index (χ0n) is 6.05. The van der Waals surface area contributed by atoms with Crippen LogP contribution in [-0.4, -0.2) is 25.5 Å². The van der Waals surface area contributed by atoms with Gasteiger partial charge in [0.05, 0.1) is 6.04 Å². The smallest absolute Gasteiger partial charge is 0.237 e. The molecule has 0 fully saturated rings. The first-order valence-corrected chi connectivity index (χ1v) is 3.44. The van der Waals surface area contributed by atoms with Crippen LogP contribution in [0, 0.1) is 0 Å². The van der Waals surface area contributed by atoms with Crippen molar-refractivity contribution in [3.8, 4) is 0 Å². The minimum absolute atomic E-state index is 0.0428. The van der Waals surface area contributed by atoms with Gasteiger partial charge >= 0.3 is 0 Å². The molecule has 1 heterocycles. The molecule has 0 unspecified atom stereocenters. The van der Waals surface area contributed by atoms with Gasteiger partial charge in [0.15, 0.2) is 0 Å². The van der Waals surface area contributed by atoms with Crippen molar-refractivity contribution >= 4 is 5.91 Å². The van der Waals surface area contributed by atoms with Crippen LogP contribution in [0.3, 0.4) is 0 Å². The molecule has 1 atom stereocenters. The highest BCUT2D eigenvalue weighted by molar-refractivity contribution is 5.82. The first kappa shape index (κ1) is 7.28. The Labute approximate surface area is 60.5 Å². The van der Waals surface area contributed by atoms with E-state index in [0.29, 0.717) is 6.54 Å². The van der Waals surface area contributed by atoms with Gasteiger partial charge in [0, 0.05) is 6.54 Å². The Hall–Kier alpha value is -0.830. The molecular weight excluding hydrogens is 128 g/mol. The summed E-state index contributed by atoms with van der Waals surface area (Å²) in [6, 6.07) is -0.0428. The summed E-state index contributed by atoms with van der Waals surface area (Å²) in [4.78, 5) is 11.0. The molecule has 0 spiro atoms. The number of hydrogen-bond acceptors (Lipinski definition) is 2. The van der Waals surface area contributed by atoms with E-state index in [1.54, 1.807) is 7.05 Å². The summed E-state index contributed by atoms with van der Waals surface area (Å²) in [5.41, 5.74) is 0. The Morgan fingerprint density at radius 2 is 2.50 bits per heavy atom. The van der Waals surface area contributed by atoms with Gasteiger partial charge in [0.2, 0.25) is 5.91 Å². The number of hydrogen-bond donors (Lipinski definition) is 2. The van der Waals surface area contributed by atoms with Gasteiger partial charge in [-0.3, -0.25) is 4.79 Å². The molecule has 0 saturated heterocycles. The highest BCUT2D eigenvalue weighted by Gasteiger charge is 2.14. The molecule has 1 amide bonds. The Balaban J connectivity index is 2.52. The van der Waals surface area contributed by atoms with Crippen LogP contribution in [0.5, 0.6) is 0 Å². The standard InChI is InChI=1S/C7H12N2O/c1-8-6-4-2-3-5-9-7(6)10/h2-3,6,8H,4-5H2,1H3,(H,9,10)/t6-/m0/s1. The van der Waals surface area contributed by atoms with Gasteiger partial charge in [0.25, 0.3) is 0 Å². The van der Waals surface area contributed by atoms with E-state index in [-0.39, 0.29) is 11.9 Å². The van der Waals surface area contributed by atoms with Gasteiger partial charge in [0.1, 0.15) is 0 Å². The van der Waals surface area contributed by atoms with Gasteiger partial charge in [-0.25, -0.2) is 0 Å². The summed E-state index contributed by atoms with van der Waals surface area (Å²) < 4.78 is 0. The van der Waals surface area contributed by atoms with Crippen molar-refractivity contribution in [3.63, 3.8) is 0 Å². The van der Waals surface area contributed by atoms with E-state index >= 15 is 0 Å². The van der Waals surface area contributed by atoms with Gasteiger partial charge < -0.3 is 10.6 Å². The molecule has 3 heteroatoms. The molecule has 56 valence electrons. The highest BCUT2D eigenvalue weighted by atomic mass is 16.2. The van der Waals surface area contributed by atoms with E-state index in [4.69, 9.17) is 0 Å². The van der Waals surface area contributed by atoms with E-state index in [1.807, 2.05) is 12.2 Å². The third-order valence-corrected chi connectivity index (χ3v) is 1.60. The second kappa shape index (κ2) is 3.37. The van der Waals surface area contributed by atoms with E-state index in [9.17, 15) is 4.79 Å². The van der Waals surface area contributed by atoms with Crippen LogP contribution < -0.4 is 10.6 Å². The van der Waals surface area contributed by atoms with Gasteiger partial charge in [-0.05, 0) is 13.5 Å². The molecule has 3 nitrogen and oxygen atoms in total. The number of amides is 1. The van der Waals surface area contributed by atoms with E-state index < -0.39 is 0 Å². The third-order valence-electron chi connectivity index (χ3n) is 1.60. The van der Waals surface area contributed by atoms with Crippen LogP contribution >= 0.6 is 0 Å². The highest BCUT2D eigenvalue weighted by Crippen LogP contribution is 1.96. The second-order valence-corrected chi connectivity index (χ2v) is 2.29. The summed E-state index contributed by atoms with van der Waals surface area (Å²) >= 11 is 0. The largest absolute Gasteiger partial charge is 0.351 e. The molecule has 0 aliphatic carbocycles. The zero-order valence-corrected chi connectivity index (χ0v) is 6.05. The van der Waals surface area contributed by atoms with Crippen molar-refractivity contribution in [1.82, 2.24) is 10.6 Å². The maximum absolute atomic E-state index is 11.0. The van der Waals surface area contributed by atoms with Crippen molar-refractivity contribution in [1.29, 1.82) is 0 Å². The molecule has 1 rings (SSSR count). The molecule has 0 aromatic heterocycles. The third kappa shape index (κ3) is 1.57. The van der Waals surface area contributed by atoms with Crippen LogP contribution in [-0.2, 0) is 4.79 Å². The lowest BCUT2D eigenvalue weighted by atomic mass is 10.2. The average Bonchev–Trinajstić information content (AvgIpc) is 2.13. The maximum Gasteiger partial charge on any atom is 0.237 e. The van der Waals surface area contributed by atoms with Crippen LogP contribution in [0.25, 0.3) is 0 Å². The van der Waals surface area contributed by atoms with Crippen LogP contribution in [0.4, 0.5) is 0 Å². The van der Waals surface area contributed by atoms with Crippen molar-refractivity contribution in [2.45, 2.75) is 12.5 Å². The van der Waals surface area contributed by atoms with E-state index in [0.717, 1.165) is 6.42 Å². The number of carbonyl (C=O) groups excluding carboxylic acids is 1. The maximum atomic E-state index is 11.0. The topological polar surface area (TPSA) is 41.1 Å². The van der Waals surface area contributed by atoms with Crippen LogP contribution in [0.1, 0.15) is 6.42 Å². The van der Waals surface area contributed by atoms with E-state index in [1.165, 1.54) is 0 Å². The molecule has 1 aliphatic rings. The fourth-order valence-electron chi connectivity index (χ4n) is 0.954. The predicted molar refractivity (Wildman–Crippen MR) is 39.6 cm³/mol. The normalized spacial score (nSPS) is 25.7. The number of nitrogens with one attached hydrogen (secondary N) is 2. The summed E-state index contributed by atoms with van der Waals surface area (Å²) in [7, 11) is 1.80. The lowest BCUT2D eigenvalue weighted by Crippen LogP contribution is -2.41. The van der Waals surface area contributed by atoms with Gasteiger partial charge in [-0.1, -0.05) is 12.2 Å². The minimum Gasteiger partial charge on any atom is -0.351 e. The molecule has 0 saturated carbocycles. The first-order chi connectivity index (χ1) is 4.84. The minimum atomic E-state index is -0.0428. The fraction of sp³-hybridized carbons (Fsp3) is 0.571. The lowest BCUT2D eigenvalue weighted by molar-refractivity contribution is -0.122. The predicted octanol–water partition coefficient (Wildman–Crippen LogP) is -0.349. The molecule has 0 aromatic carbocycles. The summed E-state index contributed by atoms with van der Waals surface area (Å²) in [6.45, 7) is 0.664. The fourth-order valence-corrected chi connectivity index (χ4v) is 0.954. The van der Waals surface area contributed by atoms with Crippen molar-refractivity contribution in [2.24, 2.45) is 0 Å². The van der Waals surface area contributed by atoms with Crippen molar-refractivity contribution in [3.05, 3.63) is 12.2 Å².